The monoisotopic (exact) mass is 274 g/mol. The summed E-state index contributed by atoms with van der Waals surface area (Å²) in [5, 5.41) is 21.9. The molecule has 1 N–H and O–H groups in total. The summed E-state index contributed by atoms with van der Waals surface area (Å²) in [4.78, 5) is 1.66. The molecule has 5 nitrogen and oxygen atoms in total. The van der Waals surface area contributed by atoms with Gasteiger partial charge in [-0.2, -0.15) is 4.80 Å². The van der Waals surface area contributed by atoms with Crippen LogP contribution in [0.2, 0.25) is 0 Å². The van der Waals surface area contributed by atoms with Gasteiger partial charge in [0.25, 0.3) is 0 Å². The molecule has 0 spiro atoms. The summed E-state index contributed by atoms with van der Waals surface area (Å²) in [5.74, 6) is 0.643. The van der Waals surface area contributed by atoms with Gasteiger partial charge in [-0.25, -0.2) is 0 Å². The maximum atomic E-state index is 9.19. The lowest BCUT2D eigenvalue weighted by Gasteiger charge is -2.13. The van der Waals surface area contributed by atoms with Crippen molar-refractivity contribution in [3.05, 3.63) is 30.3 Å². The normalized spacial score (nSPS) is 12.5. The van der Waals surface area contributed by atoms with Crippen LogP contribution in [0.15, 0.2) is 30.3 Å². The number of hydrogen-bond donors (Lipinski definition) is 1. The van der Waals surface area contributed by atoms with Gasteiger partial charge in [-0.05, 0) is 18.1 Å². The number of benzene rings is 1. The van der Waals surface area contributed by atoms with Crippen LogP contribution in [-0.2, 0) is 0 Å². The van der Waals surface area contributed by atoms with Gasteiger partial charge in [0.1, 0.15) is 0 Å². The van der Waals surface area contributed by atoms with E-state index < -0.39 is 0 Å². The molecule has 0 saturated heterocycles. The van der Waals surface area contributed by atoms with Crippen LogP contribution in [0.3, 0.4) is 0 Å². The van der Waals surface area contributed by atoms with Crippen molar-refractivity contribution >= 4 is 0 Å². The summed E-state index contributed by atoms with van der Waals surface area (Å²) >= 11 is 0. The fraction of sp³-hybridized carbons (Fsp3) is 0.533. The molecule has 0 unspecified atom stereocenters. The third-order valence-electron chi connectivity index (χ3n) is 3.39. The van der Waals surface area contributed by atoms with Gasteiger partial charge in [-0.1, -0.05) is 56.5 Å². The molecule has 0 saturated carbocycles. The van der Waals surface area contributed by atoms with Crippen molar-refractivity contribution in [1.29, 1.82) is 0 Å². The highest BCUT2D eigenvalue weighted by molar-refractivity contribution is 5.52. The molecule has 2 aromatic rings. The summed E-state index contributed by atoms with van der Waals surface area (Å²) in [6.45, 7) is 2.33. The average molecular weight is 274 g/mol. The Morgan fingerprint density at radius 2 is 1.95 bits per heavy atom. The molecular formula is C15H22N4O. The highest BCUT2D eigenvalue weighted by Crippen LogP contribution is 2.19. The Hall–Kier alpha value is -1.75. The van der Waals surface area contributed by atoms with E-state index in [1.54, 1.807) is 4.80 Å². The van der Waals surface area contributed by atoms with E-state index in [1.807, 2.05) is 30.3 Å². The standard InChI is InChI=1S/C15H22N4O/c1-2-3-5-10-14(11-12-20)19-17-15(16-18-19)13-8-6-4-7-9-13/h4,6-9,14,20H,2-3,5,10-12H2,1H3/t14-/m0/s1. The Morgan fingerprint density at radius 3 is 2.65 bits per heavy atom. The molecule has 0 aliphatic rings. The van der Waals surface area contributed by atoms with Crippen molar-refractivity contribution in [3.63, 3.8) is 0 Å². The minimum Gasteiger partial charge on any atom is -0.396 e. The average Bonchev–Trinajstić information content (AvgIpc) is 2.97. The van der Waals surface area contributed by atoms with Crippen LogP contribution in [0.4, 0.5) is 0 Å². The zero-order valence-electron chi connectivity index (χ0n) is 11.9. The van der Waals surface area contributed by atoms with Gasteiger partial charge in [0.15, 0.2) is 0 Å². The van der Waals surface area contributed by atoms with E-state index in [1.165, 1.54) is 12.8 Å². The van der Waals surface area contributed by atoms with Crippen molar-refractivity contribution in [2.75, 3.05) is 6.61 Å². The quantitative estimate of drug-likeness (QED) is 0.752. The lowest BCUT2D eigenvalue weighted by molar-refractivity contribution is 0.232. The number of tetrazole rings is 1. The zero-order chi connectivity index (χ0) is 14.2. The fourth-order valence-corrected chi connectivity index (χ4v) is 2.24. The van der Waals surface area contributed by atoms with Crippen molar-refractivity contribution in [2.45, 2.75) is 45.1 Å². The summed E-state index contributed by atoms with van der Waals surface area (Å²) < 4.78 is 0. The molecule has 1 atom stereocenters. The highest BCUT2D eigenvalue weighted by atomic mass is 16.3. The van der Waals surface area contributed by atoms with Gasteiger partial charge in [0.2, 0.25) is 5.82 Å². The largest absolute Gasteiger partial charge is 0.396 e. The Balaban J connectivity index is 2.08. The molecule has 0 amide bonds. The minimum absolute atomic E-state index is 0.136. The predicted octanol–water partition coefficient (Wildman–Crippen LogP) is 2.84. The highest BCUT2D eigenvalue weighted by Gasteiger charge is 2.14. The molecule has 0 aliphatic heterocycles. The number of aliphatic hydroxyl groups excluding tert-OH is 1. The van der Waals surface area contributed by atoms with Crippen LogP contribution in [0.25, 0.3) is 11.4 Å². The Labute approximate surface area is 119 Å². The lowest BCUT2D eigenvalue weighted by atomic mass is 10.1. The van der Waals surface area contributed by atoms with E-state index >= 15 is 0 Å². The molecule has 0 aliphatic carbocycles. The van der Waals surface area contributed by atoms with E-state index in [0.29, 0.717) is 12.2 Å². The van der Waals surface area contributed by atoms with Crippen LogP contribution in [-0.4, -0.2) is 31.9 Å². The first-order valence-corrected chi connectivity index (χ1v) is 7.31. The van der Waals surface area contributed by atoms with Crippen LogP contribution in [0, 0.1) is 0 Å². The number of aliphatic hydroxyl groups is 1. The maximum absolute atomic E-state index is 9.19. The topological polar surface area (TPSA) is 63.8 Å². The second-order valence-electron chi connectivity index (χ2n) is 4.96. The Bertz CT molecular complexity index is 498. The third-order valence-corrected chi connectivity index (χ3v) is 3.39. The summed E-state index contributed by atoms with van der Waals surface area (Å²) in [7, 11) is 0. The molecule has 108 valence electrons. The van der Waals surface area contributed by atoms with Gasteiger partial charge >= 0.3 is 0 Å². The van der Waals surface area contributed by atoms with Gasteiger partial charge in [0.05, 0.1) is 6.04 Å². The van der Waals surface area contributed by atoms with Crippen molar-refractivity contribution < 1.29 is 5.11 Å². The van der Waals surface area contributed by atoms with Gasteiger partial charge in [0, 0.05) is 12.2 Å². The first-order chi connectivity index (χ1) is 9.85. The predicted molar refractivity (Wildman–Crippen MR) is 78.1 cm³/mol. The number of nitrogens with zero attached hydrogens (tertiary/aromatic N) is 4. The summed E-state index contributed by atoms with van der Waals surface area (Å²) in [6.07, 6.45) is 5.17. The SMILES string of the molecule is CCCCC[C@@H](CCO)n1nnc(-c2ccccc2)n1. The molecule has 1 heterocycles. The zero-order valence-corrected chi connectivity index (χ0v) is 11.9. The molecule has 20 heavy (non-hydrogen) atoms. The first kappa shape index (κ1) is 14.7. The second-order valence-corrected chi connectivity index (χ2v) is 4.96. The molecule has 0 radical (unpaired) electrons. The van der Waals surface area contributed by atoms with Gasteiger partial charge < -0.3 is 5.11 Å². The lowest BCUT2D eigenvalue weighted by Crippen LogP contribution is -2.14. The van der Waals surface area contributed by atoms with Crippen molar-refractivity contribution in [2.24, 2.45) is 0 Å². The maximum Gasteiger partial charge on any atom is 0.204 e. The van der Waals surface area contributed by atoms with Crippen LogP contribution in [0.5, 0.6) is 0 Å². The van der Waals surface area contributed by atoms with E-state index in [0.717, 1.165) is 18.4 Å². The van der Waals surface area contributed by atoms with Crippen LogP contribution >= 0.6 is 0 Å². The Morgan fingerprint density at radius 1 is 1.15 bits per heavy atom. The number of aromatic nitrogens is 4. The van der Waals surface area contributed by atoms with Gasteiger partial charge in [-0.3, -0.25) is 0 Å². The molecule has 1 aromatic heterocycles. The minimum atomic E-state index is 0.136. The molecule has 1 aromatic carbocycles. The third kappa shape index (κ3) is 3.87. The van der Waals surface area contributed by atoms with Crippen molar-refractivity contribution in [1.82, 2.24) is 20.2 Å². The molecule has 5 heteroatoms. The number of rotatable bonds is 8. The molecule has 0 bridgehead atoms. The van der Waals surface area contributed by atoms with Crippen LogP contribution in [0.1, 0.15) is 45.1 Å². The van der Waals surface area contributed by atoms with Crippen LogP contribution < -0.4 is 0 Å². The number of unbranched alkanes of at least 4 members (excludes halogenated alkanes) is 2. The van der Waals surface area contributed by atoms with E-state index in [4.69, 9.17) is 0 Å². The van der Waals surface area contributed by atoms with E-state index in [9.17, 15) is 5.11 Å². The van der Waals surface area contributed by atoms with Crippen molar-refractivity contribution in [3.8, 4) is 11.4 Å². The van der Waals surface area contributed by atoms with E-state index in [-0.39, 0.29) is 12.6 Å². The molecular weight excluding hydrogens is 252 g/mol. The molecule has 2 rings (SSSR count). The summed E-state index contributed by atoms with van der Waals surface area (Å²) in [6, 6.07) is 9.97. The fourth-order valence-electron chi connectivity index (χ4n) is 2.24. The van der Waals surface area contributed by atoms with Gasteiger partial charge in [-0.15, -0.1) is 10.2 Å². The summed E-state index contributed by atoms with van der Waals surface area (Å²) in [5.41, 5.74) is 0.968. The Kier molecular flexibility index (Phi) is 5.68. The number of hydrogen-bond acceptors (Lipinski definition) is 4. The van der Waals surface area contributed by atoms with E-state index in [2.05, 4.69) is 22.3 Å². The second kappa shape index (κ2) is 7.75. The smallest absolute Gasteiger partial charge is 0.204 e. The first-order valence-electron chi connectivity index (χ1n) is 7.31. The molecule has 0 fully saturated rings.